The van der Waals surface area contributed by atoms with E-state index in [9.17, 15) is 0 Å². The number of fused-ring (bicyclic) bond motifs is 1. The van der Waals surface area contributed by atoms with Crippen LogP contribution < -0.4 is 11.6 Å². The molecule has 30 heavy (non-hydrogen) atoms. The lowest BCUT2D eigenvalue weighted by molar-refractivity contribution is 0.367. The number of nitrogens with zero attached hydrogens (tertiary/aromatic N) is 1. The Morgan fingerprint density at radius 3 is 2.10 bits per heavy atom. The normalized spacial score (nSPS) is 11.4. The molecule has 0 aromatic heterocycles. The maximum absolute atomic E-state index is 6.50. The van der Waals surface area contributed by atoms with Gasteiger partial charge in [-0.3, -0.25) is 5.01 Å². The SMILES string of the molecule is N/C(=C(/C#Cc1ccccc1)N(N)Cc1ccc2ccccc2c1)c1ccccc1. The van der Waals surface area contributed by atoms with Gasteiger partial charge >= 0.3 is 0 Å². The lowest BCUT2D eigenvalue weighted by Gasteiger charge is -2.21. The highest BCUT2D eigenvalue weighted by Gasteiger charge is 2.11. The van der Waals surface area contributed by atoms with Gasteiger partial charge in [0.15, 0.2) is 0 Å². The minimum Gasteiger partial charge on any atom is -0.396 e. The predicted octanol–water partition coefficient (Wildman–Crippen LogP) is 4.89. The van der Waals surface area contributed by atoms with Crippen LogP contribution in [0.3, 0.4) is 0 Å². The molecule has 4 N–H and O–H groups in total. The first-order chi connectivity index (χ1) is 14.7. The molecule has 4 aromatic rings. The van der Waals surface area contributed by atoms with E-state index in [1.54, 1.807) is 5.01 Å². The van der Waals surface area contributed by atoms with Crippen LogP contribution in [0, 0.1) is 11.8 Å². The van der Waals surface area contributed by atoms with Crippen LogP contribution in [-0.2, 0) is 6.54 Å². The summed E-state index contributed by atoms with van der Waals surface area (Å²) in [5.41, 5.74) is 10.6. The largest absolute Gasteiger partial charge is 0.396 e. The second kappa shape index (κ2) is 9.00. The Morgan fingerprint density at radius 2 is 1.37 bits per heavy atom. The average molecular weight is 390 g/mol. The standard InChI is InChI=1S/C27H23N3/c28-27(24-12-5-2-6-13-24)26(18-16-21-9-3-1-4-10-21)30(29)20-22-15-17-23-11-7-8-14-25(23)19-22/h1-15,17,19H,20,28-29H2/b27-26-. The van der Waals surface area contributed by atoms with Gasteiger partial charge in [0.25, 0.3) is 0 Å². The summed E-state index contributed by atoms with van der Waals surface area (Å²) < 4.78 is 0. The van der Waals surface area contributed by atoms with Crippen molar-refractivity contribution in [3.63, 3.8) is 0 Å². The lowest BCUT2D eigenvalue weighted by Crippen LogP contribution is -2.31. The van der Waals surface area contributed by atoms with Crippen molar-refractivity contribution in [2.45, 2.75) is 6.54 Å². The minimum atomic E-state index is 0.497. The summed E-state index contributed by atoms with van der Waals surface area (Å²) in [7, 11) is 0. The Labute approximate surface area is 177 Å². The molecule has 146 valence electrons. The van der Waals surface area contributed by atoms with Gasteiger partial charge in [-0.25, -0.2) is 5.84 Å². The third kappa shape index (κ3) is 4.52. The average Bonchev–Trinajstić information content (AvgIpc) is 2.80. The lowest BCUT2D eigenvalue weighted by atomic mass is 10.1. The highest BCUT2D eigenvalue weighted by molar-refractivity contribution is 5.83. The monoisotopic (exact) mass is 389 g/mol. The molecule has 0 bridgehead atoms. The fourth-order valence-electron chi connectivity index (χ4n) is 3.31. The Balaban J connectivity index is 1.70. The Morgan fingerprint density at radius 1 is 0.733 bits per heavy atom. The van der Waals surface area contributed by atoms with Crippen LogP contribution in [0.2, 0.25) is 0 Å². The summed E-state index contributed by atoms with van der Waals surface area (Å²) in [6.07, 6.45) is 0. The van der Waals surface area contributed by atoms with Crippen molar-refractivity contribution in [3.8, 4) is 11.8 Å². The first kappa shape index (κ1) is 19.3. The first-order valence-electron chi connectivity index (χ1n) is 9.83. The fraction of sp³-hybridized carbons (Fsp3) is 0.0370. The van der Waals surface area contributed by atoms with Crippen LogP contribution in [0.4, 0.5) is 0 Å². The number of nitrogens with two attached hydrogens (primary N) is 2. The van der Waals surface area contributed by atoms with Gasteiger partial charge in [-0.05, 0) is 40.5 Å². The predicted molar refractivity (Wildman–Crippen MR) is 125 cm³/mol. The number of allylic oxidation sites excluding steroid dienone is 1. The van der Waals surface area contributed by atoms with E-state index < -0.39 is 0 Å². The van der Waals surface area contributed by atoms with Gasteiger partial charge < -0.3 is 5.73 Å². The van der Waals surface area contributed by atoms with Gasteiger partial charge in [0.05, 0.1) is 12.2 Å². The van der Waals surface area contributed by atoms with E-state index >= 15 is 0 Å². The van der Waals surface area contributed by atoms with E-state index in [1.807, 2.05) is 72.8 Å². The summed E-state index contributed by atoms with van der Waals surface area (Å²) in [6.45, 7) is 0.497. The molecule has 0 atom stereocenters. The molecule has 0 spiro atoms. The Kier molecular flexibility index (Phi) is 5.80. The number of hydrogen-bond donors (Lipinski definition) is 2. The van der Waals surface area contributed by atoms with Crippen LogP contribution in [0.1, 0.15) is 16.7 Å². The van der Waals surface area contributed by atoms with E-state index in [-0.39, 0.29) is 0 Å². The molecule has 0 saturated heterocycles. The molecule has 4 rings (SSSR count). The van der Waals surface area contributed by atoms with E-state index in [4.69, 9.17) is 11.6 Å². The van der Waals surface area contributed by atoms with E-state index in [0.717, 1.165) is 16.7 Å². The Hall–Kier alpha value is -4.00. The topological polar surface area (TPSA) is 55.3 Å². The van der Waals surface area contributed by atoms with Gasteiger partial charge in [-0.15, -0.1) is 0 Å². The van der Waals surface area contributed by atoms with Crippen LogP contribution in [0.25, 0.3) is 16.5 Å². The number of rotatable bonds is 4. The molecule has 0 radical (unpaired) electrons. The summed E-state index contributed by atoms with van der Waals surface area (Å²) in [5, 5.41) is 4.01. The third-order valence-corrected chi connectivity index (χ3v) is 4.89. The van der Waals surface area contributed by atoms with Crippen molar-refractivity contribution < 1.29 is 0 Å². The van der Waals surface area contributed by atoms with Crippen molar-refractivity contribution in [1.29, 1.82) is 0 Å². The van der Waals surface area contributed by atoms with Crippen LogP contribution in [-0.4, -0.2) is 5.01 Å². The maximum Gasteiger partial charge on any atom is 0.127 e. The van der Waals surface area contributed by atoms with E-state index in [0.29, 0.717) is 17.9 Å². The van der Waals surface area contributed by atoms with Crippen LogP contribution >= 0.6 is 0 Å². The van der Waals surface area contributed by atoms with Gasteiger partial charge in [-0.2, -0.15) is 0 Å². The molecule has 0 unspecified atom stereocenters. The van der Waals surface area contributed by atoms with Crippen molar-refractivity contribution in [2.75, 3.05) is 0 Å². The first-order valence-corrected chi connectivity index (χ1v) is 9.83. The molecule has 0 aliphatic rings. The van der Waals surface area contributed by atoms with Gasteiger partial charge in [-0.1, -0.05) is 90.8 Å². The molecule has 3 nitrogen and oxygen atoms in total. The molecule has 3 heteroatoms. The summed E-state index contributed by atoms with van der Waals surface area (Å²) >= 11 is 0. The fourth-order valence-corrected chi connectivity index (χ4v) is 3.31. The van der Waals surface area contributed by atoms with E-state index in [1.165, 1.54) is 10.8 Å². The smallest absolute Gasteiger partial charge is 0.127 e. The zero-order valence-corrected chi connectivity index (χ0v) is 16.6. The molecule has 0 aliphatic carbocycles. The van der Waals surface area contributed by atoms with Gasteiger partial charge in [0, 0.05) is 11.1 Å². The second-order valence-electron chi connectivity index (χ2n) is 7.05. The second-order valence-corrected chi connectivity index (χ2v) is 7.05. The minimum absolute atomic E-state index is 0.497. The number of hydrazine groups is 1. The van der Waals surface area contributed by atoms with Gasteiger partial charge in [0.2, 0.25) is 0 Å². The molecule has 4 aromatic carbocycles. The number of benzene rings is 4. The van der Waals surface area contributed by atoms with Crippen LogP contribution in [0.15, 0.2) is 109 Å². The van der Waals surface area contributed by atoms with Crippen molar-refractivity contribution in [1.82, 2.24) is 5.01 Å². The quantitative estimate of drug-likeness (QED) is 0.297. The molecule has 0 amide bonds. The Bertz CT molecular complexity index is 1230. The molecule has 0 aliphatic heterocycles. The highest BCUT2D eigenvalue weighted by atomic mass is 15.4. The van der Waals surface area contributed by atoms with Crippen molar-refractivity contribution in [2.24, 2.45) is 11.6 Å². The third-order valence-electron chi connectivity index (χ3n) is 4.89. The molecule has 0 saturated carbocycles. The number of hydrogen-bond acceptors (Lipinski definition) is 3. The maximum atomic E-state index is 6.50. The van der Waals surface area contributed by atoms with Crippen molar-refractivity contribution in [3.05, 3.63) is 126 Å². The van der Waals surface area contributed by atoms with Crippen molar-refractivity contribution >= 4 is 16.5 Å². The summed E-state index contributed by atoms with van der Waals surface area (Å²) in [4.78, 5) is 0. The zero-order chi connectivity index (χ0) is 20.8. The summed E-state index contributed by atoms with van der Waals surface area (Å²) in [5.74, 6) is 12.9. The molecule has 0 fully saturated rings. The molecular formula is C27H23N3. The van der Waals surface area contributed by atoms with Gasteiger partial charge in [0.1, 0.15) is 5.70 Å². The molecule has 0 heterocycles. The zero-order valence-electron chi connectivity index (χ0n) is 16.6. The highest BCUT2D eigenvalue weighted by Crippen LogP contribution is 2.20. The molecular weight excluding hydrogens is 366 g/mol. The van der Waals surface area contributed by atoms with E-state index in [2.05, 4.69) is 42.2 Å². The summed E-state index contributed by atoms with van der Waals surface area (Å²) in [6, 6.07) is 34.2. The van der Waals surface area contributed by atoms with Crippen LogP contribution in [0.5, 0.6) is 0 Å².